The number of carbonyl (C=O) groups excluding carboxylic acids is 2. The summed E-state index contributed by atoms with van der Waals surface area (Å²) in [7, 11) is 2.24. The Hall–Kier alpha value is -2.34. The van der Waals surface area contributed by atoms with E-state index in [1.165, 1.54) is 0 Å². The molecule has 1 aliphatic heterocycles. The number of methoxy groups -OCH3 is 2. The Bertz CT molecular complexity index is 396. The summed E-state index contributed by atoms with van der Waals surface area (Å²) in [5.41, 5.74) is 7.55. The van der Waals surface area contributed by atoms with Crippen molar-refractivity contribution >= 4 is 29.1 Å². The quantitative estimate of drug-likeness (QED) is 0.324. The number of esters is 2. The zero-order valence-electron chi connectivity index (χ0n) is 7.92. The third kappa shape index (κ3) is 1.79. The van der Waals surface area contributed by atoms with Crippen molar-refractivity contribution in [1.82, 2.24) is 0 Å². The Morgan fingerprint density at radius 2 is 1.53 bits per heavy atom. The lowest BCUT2D eigenvalue weighted by Crippen LogP contribution is -2.33. The number of hydrogen-bond donors (Lipinski definition) is 0. The lowest BCUT2D eigenvalue weighted by molar-refractivity contribution is -0.133. The van der Waals surface area contributed by atoms with Crippen LogP contribution in [-0.4, -0.2) is 48.1 Å². The zero-order valence-corrected chi connectivity index (χ0v) is 7.92. The van der Waals surface area contributed by atoms with Gasteiger partial charge < -0.3 is 15.0 Å². The van der Waals surface area contributed by atoms with Crippen LogP contribution in [0.15, 0.2) is 10.2 Å². The second-order valence-electron chi connectivity index (χ2n) is 2.33. The van der Waals surface area contributed by atoms with E-state index in [-0.39, 0.29) is 17.1 Å². The molecule has 8 nitrogen and oxygen atoms in total. The molecule has 0 aliphatic carbocycles. The Balaban J connectivity index is 3.03. The molecule has 0 fully saturated rings. The summed E-state index contributed by atoms with van der Waals surface area (Å²) in [6.07, 6.45) is 0. The minimum absolute atomic E-state index is 0.347. The first-order valence-electron chi connectivity index (χ1n) is 3.70. The molecule has 0 N–H and O–H groups in total. The van der Waals surface area contributed by atoms with Gasteiger partial charge in [-0.05, 0) is 0 Å². The first-order chi connectivity index (χ1) is 7.15. The number of hydrogen-bond acceptors (Lipinski definition) is 6. The molecule has 0 aromatic rings. The summed E-state index contributed by atoms with van der Waals surface area (Å²) >= 11 is 0. The third-order valence-corrected chi connectivity index (χ3v) is 1.56. The second kappa shape index (κ2) is 4.25. The summed E-state index contributed by atoms with van der Waals surface area (Å²) in [6, 6.07) is 0. The molecule has 0 aromatic heterocycles. The molecule has 0 radical (unpaired) electrons. The predicted octanol–water partition coefficient (Wildman–Crippen LogP) is -1.19. The van der Waals surface area contributed by atoms with E-state index in [4.69, 9.17) is 5.53 Å². The van der Waals surface area contributed by atoms with Crippen LogP contribution in [-0.2, 0) is 19.1 Å². The fraction of sp³-hybridized carbons (Fsp3) is 0.286. The molecule has 1 rings (SSSR count). The van der Waals surface area contributed by atoms with Crippen molar-refractivity contribution in [3.8, 4) is 0 Å². The van der Waals surface area contributed by atoms with Crippen LogP contribution in [0, 0.1) is 0 Å². The highest BCUT2D eigenvalue weighted by Gasteiger charge is 2.40. The molecule has 0 saturated heterocycles. The number of ether oxygens (including phenoxy) is 2. The molecule has 0 saturated carbocycles. The van der Waals surface area contributed by atoms with Gasteiger partial charge in [0.1, 0.15) is 0 Å². The maximum absolute atomic E-state index is 11.1. The average Bonchev–Trinajstić information content (AvgIpc) is 2.70. The van der Waals surface area contributed by atoms with Gasteiger partial charge in [-0.3, -0.25) is 0 Å². The lowest BCUT2D eigenvalue weighted by atomic mass is 10.1. The van der Waals surface area contributed by atoms with Crippen LogP contribution in [0.1, 0.15) is 0 Å². The van der Waals surface area contributed by atoms with Gasteiger partial charge in [0.15, 0.2) is 0 Å². The molecule has 78 valence electrons. The van der Waals surface area contributed by atoms with E-state index < -0.39 is 11.9 Å². The predicted molar refractivity (Wildman–Crippen MR) is 47.5 cm³/mol. The molecule has 0 spiro atoms. The lowest BCUT2D eigenvalue weighted by Gasteiger charge is -1.94. The van der Waals surface area contributed by atoms with E-state index in [0.717, 1.165) is 14.2 Å². The van der Waals surface area contributed by atoms with E-state index >= 15 is 0 Å². The molecule has 0 amide bonds. The van der Waals surface area contributed by atoms with Gasteiger partial charge in [0.05, 0.1) is 14.2 Å². The standard InChI is InChI=1S/C7H6N4O4/c1-14-6(12)4-3(9-8)5(11-10-4)7(13)15-2/h1-2H3. The van der Waals surface area contributed by atoms with Gasteiger partial charge in [-0.15, -0.1) is 10.2 Å². The van der Waals surface area contributed by atoms with Crippen LogP contribution in [0.5, 0.6) is 0 Å². The molecule has 0 unspecified atom stereocenters. The highest BCUT2D eigenvalue weighted by molar-refractivity contribution is 6.89. The van der Waals surface area contributed by atoms with Crippen LogP contribution in [0.4, 0.5) is 0 Å². The fourth-order valence-electron chi connectivity index (χ4n) is 0.870. The number of nitrogens with zero attached hydrogens (tertiary/aromatic N) is 4. The Labute approximate surface area is 83.8 Å². The number of carbonyl (C=O) groups is 2. The normalized spacial score (nSPS) is 13.9. The Morgan fingerprint density at radius 1 is 1.13 bits per heavy atom. The summed E-state index contributed by atoms with van der Waals surface area (Å²) < 4.78 is 8.68. The van der Waals surface area contributed by atoms with Crippen molar-refractivity contribution in [2.75, 3.05) is 14.2 Å². The molecule has 0 atom stereocenters. The maximum atomic E-state index is 11.1. The van der Waals surface area contributed by atoms with Crippen molar-refractivity contribution in [2.24, 2.45) is 10.2 Å². The summed E-state index contributed by atoms with van der Waals surface area (Å²) in [6.45, 7) is 0. The van der Waals surface area contributed by atoms with Gasteiger partial charge in [-0.1, -0.05) is 0 Å². The molecule has 15 heavy (non-hydrogen) atoms. The fourth-order valence-corrected chi connectivity index (χ4v) is 0.870. The van der Waals surface area contributed by atoms with E-state index in [1.807, 2.05) is 0 Å². The smallest absolute Gasteiger partial charge is 0.384 e. The van der Waals surface area contributed by atoms with Gasteiger partial charge in [-0.2, -0.15) is 4.79 Å². The molecule has 8 heteroatoms. The summed E-state index contributed by atoms with van der Waals surface area (Å²) in [4.78, 5) is 24.9. The SMILES string of the molecule is COC(=O)C1=NN=C(C(=O)OC)C1=[N+]=[N-]. The van der Waals surface area contributed by atoms with E-state index in [9.17, 15) is 9.59 Å². The average molecular weight is 210 g/mol. The molecule has 1 heterocycles. The topological polar surface area (TPSA) is 114 Å². The first kappa shape index (κ1) is 10.7. The van der Waals surface area contributed by atoms with Crippen LogP contribution in [0.25, 0.3) is 5.53 Å². The highest BCUT2D eigenvalue weighted by atomic mass is 16.5. The maximum Gasteiger partial charge on any atom is 0.384 e. The minimum atomic E-state index is -0.856. The minimum Gasteiger partial charge on any atom is -0.464 e. The molecular formula is C7H6N4O4. The Morgan fingerprint density at radius 3 is 1.80 bits per heavy atom. The van der Waals surface area contributed by atoms with Gasteiger partial charge in [0, 0.05) is 0 Å². The van der Waals surface area contributed by atoms with E-state index in [2.05, 4.69) is 24.5 Å². The van der Waals surface area contributed by atoms with Gasteiger partial charge in [0.25, 0.3) is 11.4 Å². The highest BCUT2D eigenvalue weighted by Crippen LogP contribution is 2.01. The second-order valence-corrected chi connectivity index (χ2v) is 2.33. The largest absolute Gasteiger partial charge is 0.464 e. The van der Waals surface area contributed by atoms with Crippen molar-refractivity contribution in [3.63, 3.8) is 0 Å². The molecule has 0 bridgehead atoms. The van der Waals surface area contributed by atoms with Crippen LogP contribution in [0.3, 0.4) is 0 Å². The van der Waals surface area contributed by atoms with Crippen molar-refractivity contribution in [3.05, 3.63) is 5.53 Å². The van der Waals surface area contributed by atoms with Gasteiger partial charge in [0.2, 0.25) is 0 Å². The van der Waals surface area contributed by atoms with Crippen molar-refractivity contribution in [1.29, 1.82) is 0 Å². The molecular weight excluding hydrogens is 204 g/mol. The zero-order chi connectivity index (χ0) is 11.4. The van der Waals surface area contributed by atoms with Crippen molar-refractivity contribution < 1.29 is 23.9 Å². The van der Waals surface area contributed by atoms with Crippen LogP contribution >= 0.6 is 0 Å². The first-order valence-corrected chi connectivity index (χ1v) is 3.70. The Kier molecular flexibility index (Phi) is 3.04. The molecule has 1 aliphatic rings. The van der Waals surface area contributed by atoms with Crippen LogP contribution in [0.2, 0.25) is 0 Å². The van der Waals surface area contributed by atoms with Gasteiger partial charge >= 0.3 is 17.7 Å². The summed E-state index contributed by atoms with van der Waals surface area (Å²) in [5.74, 6) is -1.71. The number of rotatable bonds is 2. The molecule has 0 aromatic carbocycles. The van der Waals surface area contributed by atoms with Crippen LogP contribution < -0.4 is 0 Å². The summed E-state index contributed by atoms with van der Waals surface area (Å²) in [5, 5.41) is 6.70. The monoisotopic (exact) mass is 210 g/mol. The van der Waals surface area contributed by atoms with Gasteiger partial charge in [-0.25, -0.2) is 9.59 Å². The third-order valence-electron chi connectivity index (χ3n) is 1.56. The van der Waals surface area contributed by atoms with E-state index in [0.29, 0.717) is 0 Å². The van der Waals surface area contributed by atoms with E-state index in [1.54, 1.807) is 0 Å². The van der Waals surface area contributed by atoms with Crippen molar-refractivity contribution in [2.45, 2.75) is 0 Å².